The summed E-state index contributed by atoms with van der Waals surface area (Å²) in [5, 5.41) is 0.192. The van der Waals surface area contributed by atoms with E-state index in [-0.39, 0.29) is 16.9 Å². The predicted octanol–water partition coefficient (Wildman–Crippen LogP) is 3.67. The smallest absolute Gasteiger partial charge is 0.142 e. The van der Waals surface area contributed by atoms with E-state index < -0.39 is 0 Å². The normalized spacial score (nSPS) is 19.4. The Hall–Kier alpha value is -0.600. The van der Waals surface area contributed by atoms with Crippen LogP contribution in [0.3, 0.4) is 0 Å². The maximum absolute atomic E-state index is 13.2. The summed E-state index contributed by atoms with van der Waals surface area (Å²) in [6.07, 6.45) is 4.72. The van der Waals surface area contributed by atoms with E-state index in [4.69, 9.17) is 17.3 Å². The van der Waals surface area contributed by atoms with Gasteiger partial charge in [-0.1, -0.05) is 36.6 Å². The van der Waals surface area contributed by atoms with Crippen LogP contribution in [0.1, 0.15) is 37.3 Å². The van der Waals surface area contributed by atoms with Crippen molar-refractivity contribution in [3.05, 3.63) is 34.6 Å². The standard InChI is InChI=1S/C12H15ClFN/c13-11-9(6-3-7-10(11)14)12(15)8-4-1-2-5-8/h3,6-8,12H,1-2,4-5,15H2. The zero-order valence-electron chi connectivity index (χ0n) is 8.55. The molecule has 0 amide bonds. The lowest BCUT2D eigenvalue weighted by molar-refractivity contribution is 0.443. The number of hydrogen-bond acceptors (Lipinski definition) is 1. The number of rotatable bonds is 2. The Labute approximate surface area is 94.4 Å². The summed E-state index contributed by atoms with van der Waals surface area (Å²) in [5.41, 5.74) is 6.87. The Balaban J connectivity index is 2.24. The van der Waals surface area contributed by atoms with Gasteiger partial charge in [0, 0.05) is 6.04 Å². The molecule has 1 aromatic rings. The largest absolute Gasteiger partial charge is 0.324 e. The molecule has 0 radical (unpaired) electrons. The maximum atomic E-state index is 13.2. The molecule has 3 heteroatoms. The third kappa shape index (κ3) is 2.16. The molecule has 15 heavy (non-hydrogen) atoms. The minimum atomic E-state index is -0.373. The summed E-state index contributed by atoms with van der Waals surface area (Å²) < 4.78 is 13.2. The molecule has 1 aliphatic carbocycles. The van der Waals surface area contributed by atoms with Gasteiger partial charge in [0.2, 0.25) is 0 Å². The molecule has 1 fully saturated rings. The highest BCUT2D eigenvalue weighted by Crippen LogP contribution is 2.37. The van der Waals surface area contributed by atoms with Crippen molar-refractivity contribution in [2.75, 3.05) is 0 Å². The van der Waals surface area contributed by atoms with Crippen molar-refractivity contribution in [2.24, 2.45) is 11.7 Å². The molecule has 0 bridgehead atoms. The zero-order valence-corrected chi connectivity index (χ0v) is 9.30. The summed E-state index contributed by atoms with van der Waals surface area (Å²) in [6.45, 7) is 0. The van der Waals surface area contributed by atoms with Crippen molar-refractivity contribution in [3.63, 3.8) is 0 Å². The van der Waals surface area contributed by atoms with E-state index in [1.54, 1.807) is 6.07 Å². The number of hydrogen-bond donors (Lipinski definition) is 1. The highest BCUT2D eigenvalue weighted by atomic mass is 35.5. The third-order valence-corrected chi connectivity index (χ3v) is 3.65. The fourth-order valence-corrected chi connectivity index (χ4v) is 2.60. The first kappa shape index (κ1) is 10.9. The van der Waals surface area contributed by atoms with Crippen molar-refractivity contribution in [2.45, 2.75) is 31.7 Å². The Morgan fingerprint density at radius 3 is 2.67 bits per heavy atom. The molecule has 1 unspecified atom stereocenters. The third-order valence-electron chi connectivity index (χ3n) is 3.25. The van der Waals surface area contributed by atoms with Crippen molar-refractivity contribution in [1.82, 2.24) is 0 Å². The Morgan fingerprint density at radius 2 is 2.00 bits per heavy atom. The molecule has 0 saturated heterocycles. The number of halogens is 2. The van der Waals surface area contributed by atoms with Gasteiger partial charge in [0.1, 0.15) is 5.82 Å². The van der Waals surface area contributed by atoms with Crippen LogP contribution in [0.15, 0.2) is 18.2 Å². The van der Waals surface area contributed by atoms with Gasteiger partial charge in [0.05, 0.1) is 5.02 Å². The average Bonchev–Trinajstić information content (AvgIpc) is 2.74. The molecule has 1 aromatic carbocycles. The topological polar surface area (TPSA) is 26.0 Å². The first-order chi connectivity index (χ1) is 7.20. The molecule has 0 aromatic heterocycles. The van der Waals surface area contributed by atoms with Gasteiger partial charge in [-0.25, -0.2) is 4.39 Å². The minimum Gasteiger partial charge on any atom is -0.324 e. The lowest BCUT2D eigenvalue weighted by atomic mass is 9.92. The van der Waals surface area contributed by atoms with Gasteiger partial charge >= 0.3 is 0 Å². The van der Waals surface area contributed by atoms with Crippen LogP contribution in [-0.2, 0) is 0 Å². The van der Waals surface area contributed by atoms with Crippen molar-refractivity contribution < 1.29 is 4.39 Å². The van der Waals surface area contributed by atoms with E-state index in [1.807, 2.05) is 6.07 Å². The van der Waals surface area contributed by atoms with E-state index in [0.29, 0.717) is 5.92 Å². The quantitative estimate of drug-likeness (QED) is 0.820. The number of benzene rings is 1. The summed E-state index contributed by atoms with van der Waals surface area (Å²) in [6, 6.07) is 4.75. The average molecular weight is 228 g/mol. The van der Waals surface area contributed by atoms with Crippen LogP contribution < -0.4 is 5.73 Å². The molecular formula is C12H15ClFN. The summed E-state index contributed by atoms with van der Waals surface area (Å²) in [7, 11) is 0. The molecule has 1 aliphatic rings. The second-order valence-electron chi connectivity index (χ2n) is 4.21. The first-order valence-corrected chi connectivity index (χ1v) is 5.77. The highest BCUT2D eigenvalue weighted by molar-refractivity contribution is 6.31. The van der Waals surface area contributed by atoms with Crippen LogP contribution >= 0.6 is 11.6 Å². The Kier molecular flexibility index (Phi) is 3.27. The minimum absolute atomic E-state index is 0.115. The predicted molar refractivity (Wildman–Crippen MR) is 60.3 cm³/mol. The zero-order chi connectivity index (χ0) is 10.8. The Morgan fingerprint density at radius 1 is 1.33 bits per heavy atom. The molecule has 0 aliphatic heterocycles. The Bertz CT molecular complexity index is 347. The lowest BCUT2D eigenvalue weighted by Gasteiger charge is -2.20. The van der Waals surface area contributed by atoms with Gasteiger partial charge in [0.25, 0.3) is 0 Å². The second kappa shape index (κ2) is 4.50. The number of nitrogens with two attached hydrogens (primary N) is 1. The van der Waals surface area contributed by atoms with E-state index >= 15 is 0 Å². The van der Waals surface area contributed by atoms with Crippen LogP contribution in [0, 0.1) is 11.7 Å². The lowest BCUT2D eigenvalue weighted by Crippen LogP contribution is -2.19. The fraction of sp³-hybridized carbons (Fsp3) is 0.500. The van der Waals surface area contributed by atoms with Crippen LogP contribution in [0.5, 0.6) is 0 Å². The van der Waals surface area contributed by atoms with E-state index in [9.17, 15) is 4.39 Å². The van der Waals surface area contributed by atoms with Gasteiger partial charge in [-0.3, -0.25) is 0 Å². The summed E-state index contributed by atoms with van der Waals surface area (Å²) in [5.74, 6) is 0.0897. The van der Waals surface area contributed by atoms with Crippen molar-refractivity contribution in [3.8, 4) is 0 Å². The van der Waals surface area contributed by atoms with Gasteiger partial charge in [0.15, 0.2) is 0 Å². The van der Waals surface area contributed by atoms with Crippen LogP contribution in [0.25, 0.3) is 0 Å². The monoisotopic (exact) mass is 227 g/mol. The second-order valence-corrected chi connectivity index (χ2v) is 4.59. The van der Waals surface area contributed by atoms with Gasteiger partial charge in [-0.2, -0.15) is 0 Å². The van der Waals surface area contributed by atoms with Crippen LogP contribution in [-0.4, -0.2) is 0 Å². The molecule has 2 rings (SSSR count). The molecular weight excluding hydrogens is 213 g/mol. The fourth-order valence-electron chi connectivity index (χ4n) is 2.35. The van der Waals surface area contributed by atoms with E-state index in [2.05, 4.69) is 0 Å². The van der Waals surface area contributed by atoms with E-state index in [0.717, 1.165) is 18.4 Å². The summed E-state index contributed by atoms with van der Waals surface area (Å²) >= 11 is 5.91. The molecule has 1 nitrogen and oxygen atoms in total. The van der Waals surface area contributed by atoms with E-state index in [1.165, 1.54) is 18.9 Å². The van der Waals surface area contributed by atoms with Gasteiger partial charge in [-0.15, -0.1) is 0 Å². The van der Waals surface area contributed by atoms with Crippen molar-refractivity contribution >= 4 is 11.6 Å². The van der Waals surface area contributed by atoms with Crippen LogP contribution in [0.4, 0.5) is 4.39 Å². The van der Waals surface area contributed by atoms with Crippen molar-refractivity contribution in [1.29, 1.82) is 0 Å². The first-order valence-electron chi connectivity index (χ1n) is 5.39. The molecule has 0 spiro atoms. The van der Waals surface area contributed by atoms with Gasteiger partial charge < -0.3 is 5.73 Å². The highest BCUT2D eigenvalue weighted by Gasteiger charge is 2.25. The SMILES string of the molecule is NC(c1cccc(F)c1Cl)C1CCCC1. The molecule has 2 N–H and O–H groups in total. The van der Waals surface area contributed by atoms with Gasteiger partial charge in [-0.05, 0) is 30.4 Å². The molecule has 1 atom stereocenters. The van der Waals surface area contributed by atoms with Crippen LogP contribution in [0.2, 0.25) is 5.02 Å². The molecule has 1 saturated carbocycles. The maximum Gasteiger partial charge on any atom is 0.142 e. The molecule has 82 valence electrons. The summed E-state index contributed by atoms with van der Waals surface area (Å²) in [4.78, 5) is 0. The molecule has 0 heterocycles.